The van der Waals surface area contributed by atoms with Gasteiger partial charge >= 0.3 is 0 Å². The summed E-state index contributed by atoms with van der Waals surface area (Å²) < 4.78 is 5.22. The van der Waals surface area contributed by atoms with Gasteiger partial charge in [0.25, 0.3) is 5.91 Å². The molecule has 2 N–H and O–H groups in total. The zero-order chi connectivity index (χ0) is 19.5. The molecule has 0 saturated carbocycles. The highest BCUT2D eigenvalue weighted by Gasteiger charge is 2.07. The van der Waals surface area contributed by atoms with Gasteiger partial charge in [-0.1, -0.05) is 42.5 Å². The third-order valence-corrected chi connectivity index (χ3v) is 4.62. The van der Waals surface area contributed by atoms with Crippen molar-refractivity contribution in [2.24, 2.45) is 5.10 Å². The molecule has 0 aliphatic carbocycles. The summed E-state index contributed by atoms with van der Waals surface area (Å²) in [6.45, 7) is 0. The van der Waals surface area contributed by atoms with E-state index in [1.165, 1.54) is 6.21 Å². The third-order valence-electron chi connectivity index (χ3n) is 4.62. The number of carbonyl (C=O) groups is 1. The van der Waals surface area contributed by atoms with Crippen molar-refractivity contribution in [3.63, 3.8) is 0 Å². The summed E-state index contributed by atoms with van der Waals surface area (Å²) in [5.41, 5.74) is 3.58. The second-order valence-electron chi connectivity index (χ2n) is 6.35. The lowest BCUT2D eigenvalue weighted by Crippen LogP contribution is -2.17. The molecule has 4 rings (SSSR count). The molecule has 138 valence electrons. The van der Waals surface area contributed by atoms with E-state index in [0.29, 0.717) is 11.1 Å². The molecule has 5 nitrogen and oxygen atoms in total. The van der Waals surface area contributed by atoms with Crippen LogP contribution in [0, 0.1) is 0 Å². The van der Waals surface area contributed by atoms with E-state index in [4.69, 9.17) is 4.74 Å². The molecule has 0 radical (unpaired) electrons. The van der Waals surface area contributed by atoms with Gasteiger partial charge in [0, 0.05) is 11.1 Å². The number of ether oxygens (including phenoxy) is 1. The van der Waals surface area contributed by atoms with Crippen molar-refractivity contribution in [2.75, 3.05) is 7.11 Å². The number of nitrogens with one attached hydrogen (secondary N) is 1. The van der Waals surface area contributed by atoms with Crippen molar-refractivity contribution in [2.45, 2.75) is 0 Å². The Labute approximate surface area is 161 Å². The quantitative estimate of drug-likeness (QED) is 0.411. The smallest absolute Gasteiger partial charge is 0.271 e. The van der Waals surface area contributed by atoms with Gasteiger partial charge in [-0.25, -0.2) is 5.43 Å². The number of hydrazone groups is 1. The molecule has 5 heteroatoms. The number of carbonyl (C=O) groups excluding carboxylic acids is 1. The van der Waals surface area contributed by atoms with Gasteiger partial charge in [-0.2, -0.15) is 5.10 Å². The highest BCUT2D eigenvalue weighted by Crippen LogP contribution is 2.25. The van der Waals surface area contributed by atoms with Crippen LogP contribution in [0.15, 0.2) is 77.9 Å². The van der Waals surface area contributed by atoms with Crippen LogP contribution in [0.3, 0.4) is 0 Å². The van der Waals surface area contributed by atoms with Crippen LogP contribution in [-0.4, -0.2) is 24.3 Å². The standard InChI is InChI=1S/C23H18N2O3/c1-28-19-10-8-16-12-18(7-6-17(16)13-19)23(27)25-24-14-21-20-5-3-2-4-15(20)9-11-22(21)26/h2-14,26H,1H3,(H,25,27)/b24-14+. The van der Waals surface area contributed by atoms with Gasteiger partial charge < -0.3 is 9.84 Å². The Balaban J connectivity index is 1.56. The molecule has 0 heterocycles. The van der Waals surface area contributed by atoms with E-state index in [-0.39, 0.29) is 11.7 Å². The van der Waals surface area contributed by atoms with E-state index < -0.39 is 0 Å². The van der Waals surface area contributed by atoms with Crippen molar-refractivity contribution < 1.29 is 14.6 Å². The number of aromatic hydroxyl groups is 1. The average molecular weight is 370 g/mol. The van der Waals surface area contributed by atoms with E-state index in [1.54, 1.807) is 25.3 Å². The molecule has 0 saturated heterocycles. The van der Waals surface area contributed by atoms with Crippen molar-refractivity contribution in [3.05, 3.63) is 83.9 Å². The summed E-state index contributed by atoms with van der Waals surface area (Å²) >= 11 is 0. The summed E-state index contributed by atoms with van der Waals surface area (Å²) in [5, 5.41) is 17.9. The minimum Gasteiger partial charge on any atom is -0.507 e. The van der Waals surface area contributed by atoms with Crippen LogP contribution < -0.4 is 10.2 Å². The van der Waals surface area contributed by atoms with Crippen LogP contribution in [0.4, 0.5) is 0 Å². The van der Waals surface area contributed by atoms with E-state index in [2.05, 4.69) is 10.5 Å². The number of hydrogen-bond acceptors (Lipinski definition) is 4. The molecule has 0 aromatic heterocycles. The average Bonchev–Trinajstić information content (AvgIpc) is 2.74. The first-order valence-corrected chi connectivity index (χ1v) is 8.77. The number of hydrogen-bond donors (Lipinski definition) is 2. The van der Waals surface area contributed by atoms with E-state index in [0.717, 1.165) is 27.3 Å². The Morgan fingerprint density at radius 2 is 1.71 bits per heavy atom. The normalized spacial score (nSPS) is 11.2. The summed E-state index contributed by atoms with van der Waals surface area (Å²) in [7, 11) is 1.62. The Morgan fingerprint density at radius 3 is 2.57 bits per heavy atom. The zero-order valence-corrected chi connectivity index (χ0v) is 15.2. The van der Waals surface area contributed by atoms with Gasteiger partial charge in [0.1, 0.15) is 11.5 Å². The SMILES string of the molecule is COc1ccc2cc(C(=O)N/N=C/c3c(O)ccc4ccccc34)ccc2c1. The fraction of sp³-hybridized carbons (Fsp3) is 0.0435. The lowest BCUT2D eigenvalue weighted by molar-refractivity contribution is 0.0955. The van der Waals surface area contributed by atoms with Crippen molar-refractivity contribution in [1.82, 2.24) is 5.43 Å². The number of benzene rings is 4. The van der Waals surface area contributed by atoms with Gasteiger partial charge in [-0.05, 0) is 51.9 Å². The van der Waals surface area contributed by atoms with E-state index >= 15 is 0 Å². The summed E-state index contributed by atoms with van der Waals surface area (Å²) in [5.74, 6) is 0.550. The van der Waals surface area contributed by atoms with Crippen molar-refractivity contribution in [3.8, 4) is 11.5 Å². The van der Waals surface area contributed by atoms with Gasteiger partial charge in [0.2, 0.25) is 0 Å². The maximum atomic E-state index is 12.4. The summed E-state index contributed by atoms with van der Waals surface area (Å²) in [6, 6.07) is 22.2. The number of rotatable bonds is 4. The zero-order valence-electron chi connectivity index (χ0n) is 15.2. The molecule has 0 atom stereocenters. The number of fused-ring (bicyclic) bond motifs is 2. The first kappa shape index (κ1) is 17.5. The topological polar surface area (TPSA) is 70.9 Å². The van der Waals surface area contributed by atoms with Gasteiger partial charge in [0.15, 0.2) is 0 Å². The largest absolute Gasteiger partial charge is 0.507 e. The number of nitrogens with zero attached hydrogens (tertiary/aromatic N) is 1. The summed E-state index contributed by atoms with van der Waals surface area (Å²) in [6.07, 6.45) is 1.46. The number of methoxy groups -OCH3 is 1. The predicted octanol–water partition coefficient (Wildman–Crippen LogP) is 4.47. The molecule has 28 heavy (non-hydrogen) atoms. The molecule has 0 aliphatic heterocycles. The van der Waals surface area contributed by atoms with Crippen LogP contribution in [0.25, 0.3) is 21.5 Å². The van der Waals surface area contributed by atoms with Crippen molar-refractivity contribution >= 4 is 33.7 Å². The molecule has 4 aromatic rings. The van der Waals surface area contributed by atoms with Crippen LogP contribution in [0.5, 0.6) is 11.5 Å². The Hall–Kier alpha value is -3.86. The third kappa shape index (κ3) is 3.38. The maximum Gasteiger partial charge on any atom is 0.271 e. The van der Waals surface area contributed by atoms with Gasteiger partial charge in [0.05, 0.1) is 13.3 Å². The number of amides is 1. The molecule has 4 aromatic carbocycles. The fourth-order valence-corrected chi connectivity index (χ4v) is 3.13. The van der Waals surface area contributed by atoms with Gasteiger partial charge in [-0.15, -0.1) is 0 Å². The number of phenolic OH excluding ortho intramolecular Hbond substituents is 1. The number of phenols is 1. The van der Waals surface area contributed by atoms with Crippen LogP contribution in [0.1, 0.15) is 15.9 Å². The highest BCUT2D eigenvalue weighted by molar-refractivity contribution is 6.03. The second-order valence-corrected chi connectivity index (χ2v) is 6.35. The van der Waals surface area contributed by atoms with E-state index in [1.807, 2.05) is 54.6 Å². The first-order valence-electron chi connectivity index (χ1n) is 8.77. The molecular formula is C23H18N2O3. The summed E-state index contributed by atoms with van der Waals surface area (Å²) in [4.78, 5) is 12.4. The second kappa shape index (κ2) is 7.40. The maximum absolute atomic E-state index is 12.4. The Kier molecular flexibility index (Phi) is 4.64. The predicted molar refractivity (Wildman–Crippen MR) is 111 cm³/mol. The highest BCUT2D eigenvalue weighted by atomic mass is 16.5. The molecule has 0 unspecified atom stereocenters. The molecule has 0 bridgehead atoms. The van der Waals surface area contributed by atoms with Crippen LogP contribution in [0.2, 0.25) is 0 Å². The molecule has 1 amide bonds. The Bertz CT molecular complexity index is 1220. The lowest BCUT2D eigenvalue weighted by atomic mass is 10.0. The van der Waals surface area contributed by atoms with Gasteiger partial charge in [-0.3, -0.25) is 4.79 Å². The minimum absolute atomic E-state index is 0.108. The monoisotopic (exact) mass is 370 g/mol. The Morgan fingerprint density at radius 1 is 0.964 bits per heavy atom. The molecule has 0 fully saturated rings. The van der Waals surface area contributed by atoms with Crippen molar-refractivity contribution in [1.29, 1.82) is 0 Å². The first-order chi connectivity index (χ1) is 13.7. The van der Waals surface area contributed by atoms with Crippen LogP contribution in [-0.2, 0) is 0 Å². The van der Waals surface area contributed by atoms with Crippen LogP contribution >= 0.6 is 0 Å². The molecule has 0 spiro atoms. The minimum atomic E-state index is -0.325. The lowest BCUT2D eigenvalue weighted by Gasteiger charge is -2.06. The molecular weight excluding hydrogens is 352 g/mol. The molecule has 0 aliphatic rings. The van der Waals surface area contributed by atoms with E-state index in [9.17, 15) is 9.90 Å². The fourth-order valence-electron chi connectivity index (χ4n) is 3.13.